The SMILES string of the molecule is COc1cc(-c2cccc(-c3cccc4c3CCC4)c2Cl)nc(Cl)c1CNCC1CCC(=O)N1. The summed E-state index contributed by atoms with van der Waals surface area (Å²) in [5.74, 6) is 0.757. The van der Waals surface area contributed by atoms with Crippen molar-refractivity contribution in [2.75, 3.05) is 13.7 Å². The fraction of sp³-hybridized carbons (Fsp3) is 0.333. The van der Waals surface area contributed by atoms with Crippen LogP contribution in [0.4, 0.5) is 0 Å². The van der Waals surface area contributed by atoms with Gasteiger partial charge in [-0.05, 0) is 42.4 Å². The van der Waals surface area contributed by atoms with Crippen molar-refractivity contribution in [3.05, 3.63) is 69.3 Å². The van der Waals surface area contributed by atoms with Gasteiger partial charge in [0, 0.05) is 48.3 Å². The number of hydrogen-bond donors (Lipinski definition) is 2. The van der Waals surface area contributed by atoms with Gasteiger partial charge in [-0.1, -0.05) is 59.6 Å². The van der Waals surface area contributed by atoms with Crippen LogP contribution in [0, 0.1) is 0 Å². The number of ether oxygens (including phenoxy) is 1. The average Bonchev–Trinajstić information content (AvgIpc) is 3.48. The number of pyridine rings is 1. The molecule has 2 heterocycles. The zero-order valence-electron chi connectivity index (χ0n) is 19.1. The highest BCUT2D eigenvalue weighted by Gasteiger charge is 2.22. The van der Waals surface area contributed by atoms with Crippen LogP contribution < -0.4 is 15.4 Å². The standard InChI is InChI=1S/C27H27Cl2N3O2/c1-34-24-13-23(32-27(29)22(24)15-30-14-17-11-12-25(33)31-17)21-10-4-9-20(26(21)28)19-8-3-6-16-5-2-7-18(16)19/h3-4,6,8-10,13,17,30H,2,5,7,11-12,14-15H2,1H3,(H,31,33). The number of nitrogens with zero attached hydrogens (tertiary/aromatic N) is 1. The molecule has 1 saturated heterocycles. The van der Waals surface area contributed by atoms with Gasteiger partial charge in [-0.2, -0.15) is 0 Å². The summed E-state index contributed by atoms with van der Waals surface area (Å²) >= 11 is 13.6. The van der Waals surface area contributed by atoms with Crippen LogP contribution in [0.15, 0.2) is 42.5 Å². The Morgan fingerprint density at radius 3 is 2.68 bits per heavy atom. The highest BCUT2D eigenvalue weighted by Crippen LogP contribution is 2.41. The van der Waals surface area contributed by atoms with E-state index in [2.05, 4.69) is 39.9 Å². The number of aryl methyl sites for hydroxylation is 1. The van der Waals surface area contributed by atoms with Gasteiger partial charge in [0.05, 0.1) is 17.8 Å². The molecule has 1 aliphatic heterocycles. The lowest BCUT2D eigenvalue weighted by molar-refractivity contribution is -0.119. The number of benzene rings is 2. The van der Waals surface area contributed by atoms with Crippen LogP contribution >= 0.6 is 23.2 Å². The quantitative estimate of drug-likeness (QED) is 0.419. The second-order valence-corrected chi connectivity index (χ2v) is 9.61. The molecule has 1 atom stereocenters. The minimum absolute atomic E-state index is 0.105. The molecule has 5 rings (SSSR count). The predicted molar refractivity (Wildman–Crippen MR) is 137 cm³/mol. The summed E-state index contributed by atoms with van der Waals surface area (Å²) in [6.45, 7) is 1.16. The van der Waals surface area contributed by atoms with E-state index in [0.29, 0.717) is 41.1 Å². The van der Waals surface area contributed by atoms with E-state index in [1.165, 1.54) is 23.1 Å². The lowest BCUT2D eigenvalue weighted by Crippen LogP contribution is -2.35. The monoisotopic (exact) mass is 495 g/mol. The van der Waals surface area contributed by atoms with Gasteiger partial charge >= 0.3 is 0 Å². The average molecular weight is 496 g/mol. The van der Waals surface area contributed by atoms with E-state index in [1.807, 2.05) is 18.2 Å². The summed E-state index contributed by atoms with van der Waals surface area (Å²) in [6, 6.07) is 14.6. The fourth-order valence-electron chi connectivity index (χ4n) is 5.01. The van der Waals surface area contributed by atoms with Crippen LogP contribution in [0.1, 0.15) is 36.0 Å². The Morgan fingerprint density at radius 1 is 1.09 bits per heavy atom. The molecule has 2 N–H and O–H groups in total. The van der Waals surface area contributed by atoms with Crippen molar-refractivity contribution < 1.29 is 9.53 Å². The molecule has 176 valence electrons. The van der Waals surface area contributed by atoms with Crippen molar-refractivity contribution in [1.29, 1.82) is 0 Å². The summed E-state index contributed by atoms with van der Waals surface area (Å²) in [4.78, 5) is 16.1. The second-order valence-electron chi connectivity index (χ2n) is 8.88. The van der Waals surface area contributed by atoms with Crippen LogP contribution in [0.5, 0.6) is 5.75 Å². The van der Waals surface area contributed by atoms with Gasteiger partial charge in [-0.15, -0.1) is 0 Å². The van der Waals surface area contributed by atoms with Gasteiger partial charge < -0.3 is 15.4 Å². The number of rotatable bonds is 7. The van der Waals surface area contributed by atoms with Crippen molar-refractivity contribution in [1.82, 2.24) is 15.6 Å². The molecule has 2 aromatic carbocycles. The summed E-state index contributed by atoms with van der Waals surface area (Å²) < 4.78 is 5.67. The maximum atomic E-state index is 11.4. The number of fused-ring (bicyclic) bond motifs is 1. The van der Waals surface area contributed by atoms with Crippen molar-refractivity contribution in [2.24, 2.45) is 0 Å². The smallest absolute Gasteiger partial charge is 0.220 e. The van der Waals surface area contributed by atoms with Gasteiger partial charge in [0.15, 0.2) is 0 Å². The lowest BCUT2D eigenvalue weighted by atomic mass is 9.95. The number of aromatic nitrogens is 1. The van der Waals surface area contributed by atoms with E-state index in [9.17, 15) is 4.79 Å². The number of carbonyl (C=O) groups excluding carboxylic acids is 1. The Hall–Kier alpha value is -2.60. The molecule has 1 fully saturated rings. The van der Waals surface area contributed by atoms with Crippen LogP contribution in [-0.4, -0.2) is 30.6 Å². The van der Waals surface area contributed by atoms with Crippen LogP contribution in [0.25, 0.3) is 22.4 Å². The predicted octanol–water partition coefficient (Wildman–Crippen LogP) is 5.59. The molecule has 1 aliphatic carbocycles. The van der Waals surface area contributed by atoms with Gasteiger partial charge in [0.2, 0.25) is 5.91 Å². The zero-order valence-corrected chi connectivity index (χ0v) is 20.6. The Balaban J connectivity index is 1.43. The number of hydrogen-bond acceptors (Lipinski definition) is 4. The number of methoxy groups -OCH3 is 1. The summed E-state index contributed by atoms with van der Waals surface area (Å²) in [5, 5.41) is 7.36. The van der Waals surface area contributed by atoms with Crippen molar-refractivity contribution in [2.45, 2.75) is 44.7 Å². The van der Waals surface area contributed by atoms with E-state index >= 15 is 0 Å². The highest BCUT2D eigenvalue weighted by molar-refractivity contribution is 6.36. The Bertz CT molecular complexity index is 1240. The third-order valence-electron chi connectivity index (χ3n) is 6.74. The molecular formula is C27H27Cl2N3O2. The third kappa shape index (κ3) is 4.52. The first-order chi connectivity index (χ1) is 16.5. The van der Waals surface area contributed by atoms with E-state index in [-0.39, 0.29) is 11.9 Å². The third-order valence-corrected chi connectivity index (χ3v) is 7.46. The number of nitrogens with one attached hydrogen (secondary N) is 2. The Kier molecular flexibility index (Phi) is 6.77. The number of carbonyl (C=O) groups is 1. The molecule has 0 spiro atoms. The largest absolute Gasteiger partial charge is 0.496 e. The van der Waals surface area contributed by atoms with Gasteiger partial charge in [-0.3, -0.25) is 4.79 Å². The molecule has 0 radical (unpaired) electrons. The molecule has 1 unspecified atom stereocenters. The highest BCUT2D eigenvalue weighted by atomic mass is 35.5. The Morgan fingerprint density at radius 2 is 1.88 bits per heavy atom. The Labute approximate surface area is 209 Å². The van der Waals surface area contributed by atoms with Gasteiger partial charge in [-0.25, -0.2) is 4.98 Å². The first-order valence-corrected chi connectivity index (χ1v) is 12.4. The summed E-state index contributed by atoms with van der Waals surface area (Å²) in [7, 11) is 1.63. The topological polar surface area (TPSA) is 63.2 Å². The summed E-state index contributed by atoms with van der Waals surface area (Å²) in [6.07, 6.45) is 4.81. The molecule has 2 aliphatic rings. The van der Waals surface area contributed by atoms with Crippen molar-refractivity contribution in [3.63, 3.8) is 0 Å². The van der Waals surface area contributed by atoms with Gasteiger partial charge in [0.25, 0.3) is 0 Å². The lowest BCUT2D eigenvalue weighted by Gasteiger charge is -2.17. The first kappa shape index (κ1) is 23.2. The molecule has 3 aromatic rings. The van der Waals surface area contributed by atoms with E-state index in [1.54, 1.807) is 7.11 Å². The van der Waals surface area contributed by atoms with E-state index < -0.39 is 0 Å². The van der Waals surface area contributed by atoms with Crippen LogP contribution in [-0.2, 0) is 24.2 Å². The molecule has 7 heteroatoms. The van der Waals surface area contributed by atoms with Crippen molar-refractivity contribution >= 4 is 29.1 Å². The minimum Gasteiger partial charge on any atom is -0.496 e. The summed E-state index contributed by atoms with van der Waals surface area (Å²) in [5.41, 5.74) is 7.29. The molecule has 5 nitrogen and oxygen atoms in total. The van der Waals surface area contributed by atoms with Crippen LogP contribution in [0.2, 0.25) is 10.2 Å². The molecule has 0 saturated carbocycles. The maximum absolute atomic E-state index is 11.4. The normalized spacial score (nSPS) is 17.0. The fourth-order valence-corrected chi connectivity index (χ4v) is 5.59. The van der Waals surface area contributed by atoms with Gasteiger partial charge in [0.1, 0.15) is 10.9 Å². The maximum Gasteiger partial charge on any atom is 0.220 e. The van der Waals surface area contributed by atoms with Crippen molar-refractivity contribution in [3.8, 4) is 28.1 Å². The molecule has 34 heavy (non-hydrogen) atoms. The van der Waals surface area contributed by atoms with E-state index in [4.69, 9.17) is 27.9 Å². The zero-order chi connectivity index (χ0) is 23.7. The molecular weight excluding hydrogens is 469 g/mol. The first-order valence-electron chi connectivity index (χ1n) is 11.7. The second kappa shape index (κ2) is 9.95. The minimum atomic E-state index is 0.105. The molecule has 0 bridgehead atoms. The molecule has 1 aromatic heterocycles. The number of amides is 1. The van der Waals surface area contributed by atoms with Crippen LogP contribution in [0.3, 0.4) is 0 Å². The van der Waals surface area contributed by atoms with E-state index in [0.717, 1.165) is 36.0 Å². The number of halogens is 2. The molecule has 1 amide bonds.